The predicted molar refractivity (Wildman–Crippen MR) is 141 cm³/mol. The van der Waals surface area contributed by atoms with Crippen molar-refractivity contribution in [1.82, 2.24) is 14.7 Å². The fraction of sp³-hybridized carbons (Fsp3) is 0.400. The molecule has 4 nitrogen and oxygen atoms in total. The summed E-state index contributed by atoms with van der Waals surface area (Å²) in [5, 5.41) is 0. The first-order valence-corrected chi connectivity index (χ1v) is 12.7. The van der Waals surface area contributed by atoms with Crippen LogP contribution < -0.4 is 4.74 Å². The third-order valence-electron chi connectivity index (χ3n) is 6.96. The van der Waals surface area contributed by atoms with Gasteiger partial charge >= 0.3 is 0 Å². The van der Waals surface area contributed by atoms with Crippen molar-refractivity contribution in [2.24, 2.45) is 0 Å². The lowest BCUT2D eigenvalue weighted by Gasteiger charge is -2.42. The van der Waals surface area contributed by atoms with Gasteiger partial charge in [0.05, 0.1) is 0 Å². The summed E-state index contributed by atoms with van der Waals surface area (Å²) in [4.78, 5) is 7.80. The van der Waals surface area contributed by atoms with E-state index in [-0.39, 0.29) is 0 Å². The Kier molecular flexibility index (Phi) is 9.14. The lowest BCUT2D eigenvalue weighted by Crippen LogP contribution is -2.50. The van der Waals surface area contributed by atoms with Gasteiger partial charge in [0.1, 0.15) is 12.4 Å². The van der Waals surface area contributed by atoms with Crippen LogP contribution in [-0.2, 0) is 13.2 Å². The molecule has 1 saturated heterocycles. The fourth-order valence-electron chi connectivity index (χ4n) is 4.84. The second-order valence-electron chi connectivity index (χ2n) is 9.11. The van der Waals surface area contributed by atoms with Gasteiger partial charge in [0.15, 0.2) is 0 Å². The molecule has 0 aromatic heterocycles. The predicted octanol–water partition coefficient (Wildman–Crippen LogP) is 5.47. The minimum Gasteiger partial charge on any atom is -0.489 e. The van der Waals surface area contributed by atoms with Gasteiger partial charge in [-0.1, -0.05) is 92.7 Å². The van der Waals surface area contributed by atoms with Crippen molar-refractivity contribution in [3.8, 4) is 5.75 Å². The highest BCUT2D eigenvalue weighted by molar-refractivity contribution is 5.34. The Morgan fingerprint density at radius 3 is 2.24 bits per heavy atom. The van der Waals surface area contributed by atoms with Crippen molar-refractivity contribution in [2.45, 2.75) is 33.0 Å². The van der Waals surface area contributed by atoms with E-state index in [9.17, 15) is 0 Å². The first kappa shape index (κ1) is 24.5. The molecule has 1 heterocycles. The molecule has 1 unspecified atom stereocenters. The van der Waals surface area contributed by atoms with Gasteiger partial charge in [-0.05, 0) is 30.3 Å². The van der Waals surface area contributed by atoms with E-state index in [1.807, 2.05) is 6.07 Å². The molecular weight excluding hydrogens is 418 g/mol. The molecule has 1 atom stereocenters. The van der Waals surface area contributed by atoms with E-state index in [2.05, 4.69) is 107 Å². The van der Waals surface area contributed by atoms with Gasteiger partial charge in [-0.15, -0.1) is 0 Å². The van der Waals surface area contributed by atoms with E-state index < -0.39 is 0 Å². The van der Waals surface area contributed by atoms with Crippen molar-refractivity contribution < 1.29 is 4.74 Å². The molecule has 3 aromatic carbocycles. The second kappa shape index (κ2) is 12.7. The molecule has 4 heteroatoms. The molecule has 4 rings (SSSR count). The largest absolute Gasteiger partial charge is 0.489 e. The second-order valence-corrected chi connectivity index (χ2v) is 9.11. The number of hydrogen-bond donors (Lipinski definition) is 0. The normalized spacial score (nSPS) is 17.2. The molecule has 1 aliphatic rings. The highest BCUT2D eigenvalue weighted by atomic mass is 16.5. The van der Waals surface area contributed by atoms with Crippen molar-refractivity contribution in [3.63, 3.8) is 0 Å². The Morgan fingerprint density at radius 2 is 1.50 bits per heavy atom. The number of benzene rings is 3. The number of hydrogen-bond acceptors (Lipinski definition) is 4. The lowest BCUT2D eigenvalue weighted by molar-refractivity contribution is 0.0609. The molecule has 34 heavy (non-hydrogen) atoms. The Morgan fingerprint density at radius 1 is 0.824 bits per heavy atom. The highest BCUT2D eigenvalue weighted by Gasteiger charge is 2.28. The van der Waals surface area contributed by atoms with E-state index in [4.69, 9.17) is 4.74 Å². The summed E-state index contributed by atoms with van der Waals surface area (Å²) in [6.45, 7) is 13.7. The van der Waals surface area contributed by atoms with Gasteiger partial charge in [0.2, 0.25) is 0 Å². The van der Waals surface area contributed by atoms with E-state index >= 15 is 0 Å². The summed E-state index contributed by atoms with van der Waals surface area (Å²) >= 11 is 0. The summed E-state index contributed by atoms with van der Waals surface area (Å²) in [6, 6.07) is 30.4. The third kappa shape index (κ3) is 6.69. The molecule has 0 spiro atoms. The minimum absolute atomic E-state index is 0.419. The Bertz CT molecular complexity index is 975. The van der Waals surface area contributed by atoms with Crippen LogP contribution in [0.4, 0.5) is 0 Å². The van der Waals surface area contributed by atoms with E-state index in [1.165, 1.54) is 16.7 Å². The van der Waals surface area contributed by atoms with Crippen LogP contribution in [0.3, 0.4) is 0 Å². The van der Waals surface area contributed by atoms with Gasteiger partial charge in [-0.2, -0.15) is 0 Å². The van der Waals surface area contributed by atoms with Crippen LogP contribution in [0.25, 0.3) is 0 Å². The zero-order chi connectivity index (χ0) is 23.6. The van der Waals surface area contributed by atoms with Crippen LogP contribution in [0.1, 0.15) is 36.6 Å². The SMILES string of the molecule is CCN(CC)CCN1CCN(Cc2ccccc2OCc2ccccc2)CC1c1ccccc1. The zero-order valence-corrected chi connectivity index (χ0v) is 20.8. The highest BCUT2D eigenvalue weighted by Crippen LogP contribution is 2.28. The first-order chi connectivity index (χ1) is 16.8. The molecule has 1 fully saturated rings. The van der Waals surface area contributed by atoms with Gasteiger partial charge in [0, 0.05) is 50.9 Å². The number of rotatable bonds is 11. The number of nitrogens with zero attached hydrogens (tertiary/aromatic N) is 3. The van der Waals surface area contributed by atoms with Gasteiger partial charge in [-0.25, -0.2) is 0 Å². The topological polar surface area (TPSA) is 19.0 Å². The molecule has 0 radical (unpaired) electrons. The van der Waals surface area contributed by atoms with E-state index in [0.29, 0.717) is 12.6 Å². The lowest BCUT2D eigenvalue weighted by atomic mass is 10.0. The average Bonchev–Trinajstić information content (AvgIpc) is 2.90. The van der Waals surface area contributed by atoms with E-state index in [1.54, 1.807) is 0 Å². The zero-order valence-electron chi connectivity index (χ0n) is 20.8. The van der Waals surface area contributed by atoms with Crippen molar-refractivity contribution in [1.29, 1.82) is 0 Å². The first-order valence-electron chi connectivity index (χ1n) is 12.7. The van der Waals surface area contributed by atoms with Crippen LogP contribution in [-0.4, -0.2) is 60.5 Å². The molecule has 1 aliphatic heterocycles. The van der Waals surface area contributed by atoms with Crippen molar-refractivity contribution in [3.05, 3.63) is 102 Å². The van der Waals surface area contributed by atoms with Gasteiger partial charge in [0.25, 0.3) is 0 Å². The average molecular weight is 458 g/mol. The fourth-order valence-corrected chi connectivity index (χ4v) is 4.84. The number of ether oxygens (including phenoxy) is 1. The number of para-hydroxylation sites is 1. The molecule has 0 N–H and O–H groups in total. The molecular formula is C30H39N3O. The molecule has 0 aliphatic carbocycles. The summed E-state index contributed by atoms with van der Waals surface area (Å²) in [5.41, 5.74) is 3.88. The standard InChI is InChI=1S/C30H39N3O/c1-3-31(4-2)19-21-33-22-20-32(24-29(33)27-15-9-6-10-16-27)23-28-17-11-12-18-30(28)34-25-26-13-7-5-8-14-26/h5-18,29H,3-4,19-25H2,1-2H3. The maximum atomic E-state index is 6.24. The molecule has 0 saturated carbocycles. The van der Waals surface area contributed by atoms with E-state index in [0.717, 1.165) is 58.1 Å². The monoisotopic (exact) mass is 457 g/mol. The molecule has 3 aromatic rings. The number of piperazine rings is 1. The quantitative estimate of drug-likeness (QED) is 0.380. The third-order valence-corrected chi connectivity index (χ3v) is 6.96. The van der Waals surface area contributed by atoms with Crippen LogP contribution in [0.15, 0.2) is 84.9 Å². The van der Waals surface area contributed by atoms with Gasteiger partial charge in [-0.3, -0.25) is 9.80 Å². The maximum Gasteiger partial charge on any atom is 0.124 e. The molecule has 0 amide bonds. The molecule has 0 bridgehead atoms. The van der Waals surface area contributed by atoms with Crippen LogP contribution in [0.2, 0.25) is 0 Å². The van der Waals surface area contributed by atoms with Gasteiger partial charge < -0.3 is 9.64 Å². The smallest absolute Gasteiger partial charge is 0.124 e. The van der Waals surface area contributed by atoms with Crippen molar-refractivity contribution in [2.75, 3.05) is 45.8 Å². The van der Waals surface area contributed by atoms with Crippen molar-refractivity contribution >= 4 is 0 Å². The Labute approximate surface area is 205 Å². The summed E-state index contributed by atoms with van der Waals surface area (Å²) < 4.78 is 6.24. The Hall–Kier alpha value is -2.66. The summed E-state index contributed by atoms with van der Waals surface area (Å²) in [5.74, 6) is 0.992. The summed E-state index contributed by atoms with van der Waals surface area (Å²) in [7, 11) is 0. The summed E-state index contributed by atoms with van der Waals surface area (Å²) in [6.07, 6.45) is 0. The van der Waals surface area contributed by atoms with Crippen LogP contribution in [0.5, 0.6) is 5.75 Å². The van der Waals surface area contributed by atoms with Crippen LogP contribution >= 0.6 is 0 Å². The Balaban J connectivity index is 1.43. The maximum absolute atomic E-state index is 6.24. The minimum atomic E-state index is 0.419. The number of likely N-dealkylation sites (N-methyl/N-ethyl adjacent to an activating group) is 1. The molecule has 180 valence electrons. The van der Waals surface area contributed by atoms with Crippen LogP contribution in [0, 0.1) is 0 Å².